The molecule has 0 heterocycles. The molecule has 0 amide bonds. The van der Waals surface area contributed by atoms with Crippen molar-refractivity contribution in [2.45, 2.75) is 25.3 Å². The van der Waals surface area contributed by atoms with E-state index in [4.69, 9.17) is 21.4 Å². The molecule has 6 nitrogen and oxygen atoms in total. The number of Topliss-reactive ketones (excluding diaryl/α,β-unsaturated/α-hetero) is 1. The number of halogens is 1. The van der Waals surface area contributed by atoms with Crippen LogP contribution in [0.1, 0.15) is 46.8 Å². The van der Waals surface area contributed by atoms with Gasteiger partial charge in [0, 0.05) is 0 Å². The van der Waals surface area contributed by atoms with Crippen LogP contribution in [0.25, 0.3) is 0 Å². The maximum atomic E-state index is 11.8. The number of aliphatic hydroxyl groups excluding tert-OH is 1. The third-order valence-corrected chi connectivity index (χ3v) is 3.25. The lowest BCUT2D eigenvalue weighted by Gasteiger charge is -2.13. The predicted molar refractivity (Wildman–Crippen MR) is 74.3 cm³/mol. The Kier molecular flexibility index (Phi) is 5.87. The quantitative estimate of drug-likeness (QED) is 0.614. The van der Waals surface area contributed by atoms with E-state index in [1.54, 1.807) is 6.92 Å². The third kappa shape index (κ3) is 4.27. The zero-order chi connectivity index (χ0) is 16.2. The Balaban J connectivity index is 3.35. The molecule has 0 fully saturated rings. The van der Waals surface area contributed by atoms with Gasteiger partial charge in [-0.25, -0.2) is 9.59 Å². The van der Waals surface area contributed by atoms with Crippen molar-refractivity contribution in [1.29, 1.82) is 0 Å². The van der Waals surface area contributed by atoms with Gasteiger partial charge in [-0.1, -0.05) is 6.07 Å². The number of rotatable bonds is 6. The Morgan fingerprint density at radius 1 is 1.24 bits per heavy atom. The Hall–Kier alpha value is -1.92. The van der Waals surface area contributed by atoms with E-state index in [1.165, 1.54) is 25.1 Å². The maximum Gasteiger partial charge on any atom is 0.338 e. The smallest absolute Gasteiger partial charge is 0.338 e. The molecule has 0 aliphatic heterocycles. The van der Waals surface area contributed by atoms with E-state index in [0.717, 1.165) is 0 Å². The summed E-state index contributed by atoms with van der Waals surface area (Å²) in [6.45, 7) is 3.02. The van der Waals surface area contributed by atoms with Crippen molar-refractivity contribution in [1.82, 2.24) is 0 Å². The molecule has 7 heteroatoms. The zero-order valence-electron chi connectivity index (χ0n) is 11.5. The number of carboxylic acids is 1. The number of ketones is 1. The standard InChI is InChI=1S/C14H15ClO6/c1-3-21-14(20)10-5-8(11(15)7(2)16)4-9(6-10)12(17)13(18)19/h4-6,11-12,17H,3H2,1-2H3,(H,18,19). The first-order chi connectivity index (χ1) is 9.77. The number of carbonyl (C=O) groups excluding carboxylic acids is 2. The highest BCUT2D eigenvalue weighted by Gasteiger charge is 2.22. The SMILES string of the molecule is CCOC(=O)c1cc(C(O)C(=O)O)cc(C(Cl)C(C)=O)c1. The Morgan fingerprint density at radius 2 is 1.81 bits per heavy atom. The number of hydrogen-bond acceptors (Lipinski definition) is 5. The average molecular weight is 315 g/mol. The Labute approximate surface area is 126 Å². The molecule has 114 valence electrons. The highest BCUT2D eigenvalue weighted by Crippen LogP contribution is 2.27. The number of esters is 1. The molecule has 0 spiro atoms. The van der Waals surface area contributed by atoms with Gasteiger partial charge in [-0.05, 0) is 37.1 Å². The molecule has 21 heavy (non-hydrogen) atoms. The van der Waals surface area contributed by atoms with E-state index in [2.05, 4.69) is 0 Å². The lowest BCUT2D eigenvalue weighted by Crippen LogP contribution is -2.14. The lowest BCUT2D eigenvalue weighted by molar-refractivity contribution is -0.146. The fourth-order valence-electron chi connectivity index (χ4n) is 1.69. The number of alkyl halides is 1. The van der Waals surface area contributed by atoms with Gasteiger partial charge >= 0.3 is 11.9 Å². The van der Waals surface area contributed by atoms with Crippen molar-refractivity contribution in [2.24, 2.45) is 0 Å². The van der Waals surface area contributed by atoms with Crippen molar-refractivity contribution >= 4 is 29.3 Å². The first kappa shape index (κ1) is 17.1. The lowest BCUT2D eigenvalue weighted by atomic mass is 9.99. The fraction of sp³-hybridized carbons (Fsp3) is 0.357. The average Bonchev–Trinajstić information content (AvgIpc) is 2.45. The van der Waals surface area contributed by atoms with Crippen LogP contribution in [-0.4, -0.2) is 34.5 Å². The molecule has 2 N–H and O–H groups in total. The molecular weight excluding hydrogens is 300 g/mol. The maximum absolute atomic E-state index is 11.8. The van der Waals surface area contributed by atoms with E-state index >= 15 is 0 Å². The minimum absolute atomic E-state index is 0.0246. The second-order valence-corrected chi connectivity index (χ2v) is 4.76. The number of aliphatic hydroxyl groups is 1. The summed E-state index contributed by atoms with van der Waals surface area (Å²) in [4.78, 5) is 33.9. The molecule has 1 aromatic carbocycles. The van der Waals surface area contributed by atoms with Gasteiger partial charge in [0.1, 0.15) is 5.38 Å². The number of carboxylic acid groups (broad SMARTS) is 1. The Bertz CT molecular complexity index is 530. The molecule has 0 bridgehead atoms. The van der Waals surface area contributed by atoms with Gasteiger partial charge in [0.2, 0.25) is 0 Å². The van der Waals surface area contributed by atoms with E-state index in [1.807, 2.05) is 0 Å². The van der Waals surface area contributed by atoms with Crippen LogP contribution in [-0.2, 0) is 14.3 Å². The van der Waals surface area contributed by atoms with Crippen LogP contribution in [0.2, 0.25) is 0 Å². The van der Waals surface area contributed by atoms with E-state index < -0.39 is 23.4 Å². The molecule has 0 saturated carbocycles. The number of benzene rings is 1. The summed E-state index contributed by atoms with van der Waals surface area (Å²) in [5, 5.41) is 17.4. The molecule has 0 saturated heterocycles. The van der Waals surface area contributed by atoms with Crippen LogP contribution < -0.4 is 0 Å². The highest BCUT2D eigenvalue weighted by atomic mass is 35.5. The molecule has 0 aliphatic carbocycles. The summed E-state index contributed by atoms with van der Waals surface area (Å²) in [6.07, 6.45) is -1.83. The topological polar surface area (TPSA) is 101 Å². The van der Waals surface area contributed by atoms with Gasteiger partial charge in [-0.3, -0.25) is 4.79 Å². The van der Waals surface area contributed by atoms with Gasteiger partial charge in [-0.15, -0.1) is 11.6 Å². The number of carbonyl (C=O) groups is 3. The van der Waals surface area contributed by atoms with Crippen molar-refractivity contribution < 1.29 is 29.3 Å². The van der Waals surface area contributed by atoms with Crippen molar-refractivity contribution in [2.75, 3.05) is 6.61 Å². The first-order valence-electron chi connectivity index (χ1n) is 6.15. The number of ether oxygens (including phenoxy) is 1. The molecule has 2 atom stereocenters. The van der Waals surface area contributed by atoms with Crippen LogP contribution in [0.15, 0.2) is 18.2 Å². The molecule has 1 rings (SSSR count). The summed E-state index contributed by atoms with van der Waals surface area (Å²) in [5.41, 5.74) is 0.205. The summed E-state index contributed by atoms with van der Waals surface area (Å²) >= 11 is 5.92. The molecule has 0 aliphatic rings. The number of aliphatic carboxylic acids is 1. The van der Waals surface area contributed by atoms with Gasteiger partial charge in [0.15, 0.2) is 11.9 Å². The molecule has 0 aromatic heterocycles. The van der Waals surface area contributed by atoms with Crippen LogP contribution in [0.5, 0.6) is 0 Å². The fourth-order valence-corrected chi connectivity index (χ4v) is 1.82. The Morgan fingerprint density at radius 3 is 2.29 bits per heavy atom. The van der Waals surface area contributed by atoms with Crippen LogP contribution in [0.3, 0.4) is 0 Å². The largest absolute Gasteiger partial charge is 0.479 e. The van der Waals surface area contributed by atoms with Crippen molar-refractivity contribution in [3.63, 3.8) is 0 Å². The van der Waals surface area contributed by atoms with Crippen LogP contribution >= 0.6 is 11.6 Å². The molecular formula is C14H15ClO6. The summed E-state index contributed by atoms with van der Waals surface area (Å²) in [5.74, 6) is -2.53. The second kappa shape index (κ2) is 7.19. The molecule has 1 aromatic rings. The monoisotopic (exact) mass is 314 g/mol. The molecule has 0 radical (unpaired) electrons. The van der Waals surface area contributed by atoms with Crippen molar-refractivity contribution in [3.8, 4) is 0 Å². The molecule has 2 unspecified atom stereocenters. The van der Waals surface area contributed by atoms with Gasteiger partial charge in [0.05, 0.1) is 12.2 Å². The van der Waals surface area contributed by atoms with E-state index in [-0.39, 0.29) is 29.1 Å². The van der Waals surface area contributed by atoms with Gasteiger partial charge in [0.25, 0.3) is 0 Å². The number of hydrogen-bond donors (Lipinski definition) is 2. The summed E-state index contributed by atoms with van der Waals surface area (Å²) in [7, 11) is 0. The summed E-state index contributed by atoms with van der Waals surface area (Å²) in [6, 6.07) is 3.82. The van der Waals surface area contributed by atoms with Crippen molar-refractivity contribution in [3.05, 3.63) is 34.9 Å². The van der Waals surface area contributed by atoms with Crippen LogP contribution in [0, 0.1) is 0 Å². The normalized spacial score (nSPS) is 13.3. The van der Waals surface area contributed by atoms with Gasteiger partial charge < -0.3 is 14.9 Å². The highest BCUT2D eigenvalue weighted by molar-refractivity contribution is 6.30. The first-order valence-corrected chi connectivity index (χ1v) is 6.59. The predicted octanol–water partition coefficient (Wildman–Crippen LogP) is 1.85. The summed E-state index contributed by atoms with van der Waals surface area (Å²) < 4.78 is 4.82. The van der Waals surface area contributed by atoms with E-state index in [0.29, 0.717) is 0 Å². The van der Waals surface area contributed by atoms with E-state index in [9.17, 15) is 19.5 Å². The second-order valence-electron chi connectivity index (χ2n) is 4.32. The third-order valence-electron chi connectivity index (χ3n) is 2.69. The minimum Gasteiger partial charge on any atom is -0.479 e. The zero-order valence-corrected chi connectivity index (χ0v) is 12.3. The van der Waals surface area contributed by atoms with Gasteiger partial charge in [-0.2, -0.15) is 0 Å². The minimum atomic E-state index is -1.83. The van der Waals surface area contributed by atoms with Crippen LogP contribution in [0.4, 0.5) is 0 Å².